The molecule has 0 fully saturated rings. The monoisotopic (exact) mass is 271 g/mol. The Balaban J connectivity index is 1.86. The van der Waals surface area contributed by atoms with E-state index in [9.17, 15) is 4.79 Å². The molecule has 1 amide bonds. The molecule has 2 aromatic rings. The predicted octanol–water partition coefficient (Wildman–Crippen LogP) is 2.46. The lowest BCUT2D eigenvalue weighted by atomic mass is 10.1. The highest BCUT2D eigenvalue weighted by molar-refractivity contribution is 7.10. The van der Waals surface area contributed by atoms with Crippen LogP contribution in [0.3, 0.4) is 0 Å². The van der Waals surface area contributed by atoms with E-state index in [0.717, 1.165) is 10.4 Å². The minimum Gasteiger partial charge on any atom is -0.352 e. The van der Waals surface area contributed by atoms with E-state index in [0.29, 0.717) is 6.54 Å². The highest BCUT2D eigenvalue weighted by Crippen LogP contribution is 2.23. The van der Waals surface area contributed by atoms with Gasteiger partial charge in [0.05, 0.1) is 12.0 Å². The largest absolute Gasteiger partial charge is 0.352 e. The van der Waals surface area contributed by atoms with Crippen LogP contribution in [0.25, 0.3) is 0 Å². The van der Waals surface area contributed by atoms with Gasteiger partial charge in [0.25, 0.3) is 0 Å². The molecule has 4 nitrogen and oxygen atoms in total. The van der Waals surface area contributed by atoms with Gasteiger partial charge in [-0.15, -0.1) is 11.3 Å². The molecule has 96 valence electrons. The number of rotatable bonds is 5. The Kier molecular flexibility index (Phi) is 4.65. The average molecular weight is 271 g/mol. The normalized spacial score (nSPS) is 11.5. The van der Waals surface area contributed by atoms with Gasteiger partial charge in [-0.25, -0.2) is 0 Å². The minimum atomic E-state index is -0.363. The van der Waals surface area contributed by atoms with Gasteiger partial charge in [0, 0.05) is 30.2 Å². The van der Waals surface area contributed by atoms with Crippen LogP contribution >= 0.6 is 11.3 Å². The van der Waals surface area contributed by atoms with Gasteiger partial charge in [-0.05, 0) is 29.1 Å². The highest BCUT2D eigenvalue weighted by atomic mass is 32.1. The van der Waals surface area contributed by atoms with Crippen LogP contribution in [0, 0.1) is 11.3 Å². The van der Waals surface area contributed by atoms with Crippen molar-refractivity contribution in [3.8, 4) is 6.07 Å². The molecule has 0 aliphatic heterocycles. The lowest BCUT2D eigenvalue weighted by molar-refractivity contribution is -0.121. The number of nitriles is 1. The van der Waals surface area contributed by atoms with Gasteiger partial charge in [-0.3, -0.25) is 9.78 Å². The average Bonchev–Trinajstić information content (AvgIpc) is 2.97. The van der Waals surface area contributed by atoms with Crippen molar-refractivity contribution in [1.82, 2.24) is 10.3 Å². The van der Waals surface area contributed by atoms with Gasteiger partial charge >= 0.3 is 0 Å². The van der Waals surface area contributed by atoms with Crippen molar-refractivity contribution in [1.29, 1.82) is 5.26 Å². The quantitative estimate of drug-likeness (QED) is 0.908. The summed E-state index contributed by atoms with van der Waals surface area (Å²) >= 11 is 1.50. The number of carbonyl (C=O) groups excluding carboxylic acids is 1. The lowest BCUT2D eigenvalue weighted by Crippen LogP contribution is -2.24. The van der Waals surface area contributed by atoms with E-state index in [2.05, 4.69) is 16.4 Å². The van der Waals surface area contributed by atoms with E-state index < -0.39 is 0 Å². The standard InChI is InChI=1S/C14H13N3OS/c15-9-12(13-2-1-7-19-13)8-14(18)17-10-11-3-5-16-6-4-11/h1-7,12H,8,10H2,(H,17,18). The zero-order valence-corrected chi connectivity index (χ0v) is 11.1. The number of hydrogen-bond donors (Lipinski definition) is 1. The number of nitrogens with one attached hydrogen (secondary N) is 1. The third-order valence-corrected chi connectivity index (χ3v) is 3.66. The Bertz CT molecular complexity index is 560. The zero-order valence-electron chi connectivity index (χ0n) is 10.2. The summed E-state index contributed by atoms with van der Waals surface area (Å²) < 4.78 is 0. The van der Waals surface area contributed by atoms with Crippen molar-refractivity contribution in [3.63, 3.8) is 0 Å². The first kappa shape index (κ1) is 13.2. The molecule has 0 spiro atoms. The van der Waals surface area contributed by atoms with E-state index >= 15 is 0 Å². The predicted molar refractivity (Wildman–Crippen MR) is 73.4 cm³/mol. The molecule has 19 heavy (non-hydrogen) atoms. The number of aromatic nitrogens is 1. The highest BCUT2D eigenvalue weighted by Gasteiger charge is 2.16. The van der Waals surface area contributed by atoms with Gasteiger partial charge in [0.1, 0.15) is 0 Å². The number of pyridine rings is 1. The van der Waals surface area contributed by atoms with Crippen molar-refractivity contribution >= 4 is 17.2 Å². The molecule has 0 aliphatic carbocycles. The van der Waals surface area contributed by atoms with Gasteiger partial charge in [-0.1, -0.05) is 6.07 Å². The Morgan fingerprint density at radius 2 is 2.21 bits per heavy atom. The molecule has 2 aromatic heterocycles. The smallest absolute Gasteiger partial charge is 0.221 e. The van der Waals surface area contributed by atoms with Crippen molar-refractivity contribution in [3.05, 3.63) is 52.5 Å². The van der Waals surface area contributed by atoms with E-state index in [1.807, 2.05) is 29.6 Å². The Hall–Kier alpha value is -2.19. The number of thiophene rings is 1. The van der Waals surface area contributed by atoms with Crippen LogP contribution in [0.2, 0.25) is 0 Å². The summed E-state index contributed by atoms with van der Waals surface area (Å²) in [6, 6.07) is 9.64. The van der Waals surface area contributed by atoms with Crippen LogP contribution in [-0.4, -0.2) is 10.9 Å². The van der Waals surface area contributed by atoms with E-state index in [4.69, 9.17) is 5.26 Å². The van der Waals surface area contributed by atoms with Crippen LogP contribution in [-0.2, 0) is 11.3 Å². The summed E-state index contributed by atoms with van der Waals surface area (Å²) in [5.74, 6) is -0.478. The molecule has 0 aromatic carbocycles. The maximum atomic E-state index is 11.8. The molecule has 0 bridgehead atoms. The van der Waals surface area contributed by atoms with Gasteiger partial charge in [0.2, 0.25) is 5.91 Å². The fourth-order valence-electron chi connectivity index (χ4n) is 1.66. The Morgan fingerprint density at radius 1 is 1.42 bits per heavy atom. The first-order chi connectivity index (χ1) is 9.29. The maximum absolute atomic E-state index is 11.8. The molecule has 0 saturated carbocycles. The van der Waals surface area contributed by atoms with Gasteiger partial charge < -0.3 is 5.32 Å². The first-order valence-electron chi connectivity index (χ1n) is 5.88. The van der Waals surface area contributed by atoms with Crippen molar-refractivity contribution in [2.24, 2.45) is 0 Å². The number of nitrogens with zero attached hydrogens (tertiary/aromatic N) is 2. The molecule has 0 saturated heterocycles. The first-order valence-corrected chi connectivity index (χ1v) is 6.76. The molecule has 1 atom stereocenters. The molecule has 0 aliphatic rings. The molecule has 1 N–H and O–H groups in total. The Labute approximate surface area is 115 Å². The second kappa shape index (κ2) is 6.66. The molecule has 2 heterocycles. The van der Waals surface area contributed by atoms with Crippen LogP contribution in [0.1, 0.15) is 22.8 Å². The zero-order chi connectivity index (χ0) is 13.5. The lowest BCUT2D eigenvalue weighted by Gasteiger charge is -2.08. The van der Waals surface area contributed by atoms with Gasteiger partial charge in [-0.2, -0.15) is 5.26 Å². The molecule has 2 rings (SSSR count). The van der Waals surface area contributed by atoms with Crippen molar-refractivity contribution in [2.75, 3.05) is 0 Å². The van der Waals surface area contributed by atoms with Crippen LogP contribution in [0.4, 0.5) is 0 Å². The molecule has 5 heteroatoms. The van der Waals surface area contributed by atoms with Crippen LogP contribution in [0.15, 0.2) is 42.0 Å². The fraction of sp³-hybridized carbons (Fsp3) is 0.214. The molecular weight excluding hydrogens is 258 g/mol. The topological polar surface area (TPSA) is 65.8 Å². The number of amides is 1. The van der Waals surface area contributed by atoms with Gasteiger partial charge in [0.15, 0.2) is 0 Å². The summed E-state index contributed by atoms with van der Waals surface area (Å²) in [4.78, 5) is 16.7. The molecule has 1 unspecified atom stereocenters. The summed E-state index contributed by atoms with van der Waals surface area (Å²) in [6.45, 7) is 0.462. The maximum Gasteiger partial charge on any atom is 0.221 e. The van der Waals surface area contributed by atoms with E-state index in [1.54, 1.807) is 12.4 Å². The third kappa shape index (κ3) is 3.90. The van der Waals surface area contributed by atoms with Crippen LogP contribution in [0.5, 0.6) is 0 Å². The minimum absolute atomic E-state index is 0.114. The molecular formula is C14H13N3OS. The SMILES string of the molecule is N#CC(CC(=O)NCc1ccncc1)c1cccs1. The summed E-state index contributed by atoms with van der Waals surface area (Å²) in [5, 5.41) is 13.8. The van der Waals surface area contributed by atoms with Crippen molar-refractivity contribution in [2.45, 2.75) is 18.9 Å². The third-order valence-electron chi connectivity index (χ3n) is 2.67. The number of carbonyl (C=O) groups is 1. The van der Waals surface area contributed by atoms with Crippen molar-refractivity contribution < 1.29 is 4.79 Å². The second-order valence-corrected chi connectivity index (χ2v) is 5.01. The second-order valence-electron chi connectivity index (χ2n) is 4.03. The summed E-state index contributed by atoms with van der Waals surface area (Å²) in [7, 11) is 0. The molecule has 0 radical (unpaired) electrons. The fourth-order valence-corrected chi connectivity index (χ4v) is 2.43. The summed E-state index contributed by atoms with van der Waals surface area (Å²) in [5.41, 5.74) is 0.994. The van der Waals surface area contributed by atoms with E-state index in [1.165, 1.54) is 11.3 Å². The van der Waals surface area contributed by atoms with Crippen LogP contribution < -0.4 is 5.32 Å². The number of hydrogen-bond acceptors (Lipinski definition) is 4. The van der Waals surface area contributed by atoms with E-state index in [-0.39, 0.29) is 18.2 Å². The summed E-state index contributed by atoms with van der Waals surface area (Å²) in [6.07, 6.45) is 3.57. The Morgan fingerprint density at radius 3 is 2.84 bits per heavy atom.